The molecule has 5 atom stereocenters. The first-order chi connectivity index (χ1) is 14.5. The van der Waals surface area contributed by atoms with Gasteiger partial charge in [-0.2, -0.15) is 0 Å². The molecule has 30 heavy (non-hydrogen) atoms. The molecular formula is C25H23NO4. The van der Waals surface area contributed by atoms with E-state index in [1.807, 2.05) is 6.07 Å². The maximum absolute atomic E-state index is 13.3. The van der Waals surface area contributed by atoms with Crippen LogP contribution < -0.4 is 9.64 Å². The van der Waals surface area contributed by atoms with Crippen molar-refractivity contribution in [3.05, 3.63) is 71.8 Å². The number of hydrogen-bond donors (Lipinski definition) is 0. The SMILES string of the molecule is CC1=C[C@H]2C[C@@H]1[C@@H]1C(=O)N(c3ccccc3O[C@H](C)C(=O)c3ccccc3)C(=O)[C@@H]12. The van der Waals surface area contributed by atoms with Gasteiger partial charge in [0.1, 0.15) is 5.75 Å². The highest BCUT2D eigenvalue weighted by Gasteiger charge is 2.61. The molecule has 2 amide bonds. The Balaban J connectivity index is 1.43. The summed E-state index contributed by atoms with van der Waals surface area (Å²) in [5.41, 5.74) is 2.20. The van der Waals surface area contributed by atoms with Gasteiger partial charge in [-0.15, -0.1) is 0 Å². The number of fused-ring (bicyclic) bond motifs is 5. The van der Waals surface area contributed by atoms with Crippen LogP contribution in [-0.4, -0.2) is 23.7 Å². The summed E-state index contributed by atoms with van der Waals surface area (Å²) < 4.78 is 5.97. The minimum Gasteiger partial charge on any atom is -0.480 e. The fourth-order valence-corrected chi connectivity index (χ4v) is 5.33. The second-order valence-electron chi connectivity index (χ2n) is 8.44. The first-order valence-electron chi connectivity index (χ1n) is 10.4. The first-order valence-corrected chi connectivity index (χ1v) is 10.4. The zero-order chi connectivity index (χ0) is 21.0. The van der Waals surface area contributed by atoms with Crippen molar-refractivity contribution < 1.29 is 19.1 Å². The number of amides is 2. The second kappa shape index (κ2) is 6.94. The van der Waals surface area contributed by atoms with E-state index in [9.17, 15) is 14.4 Å². The van der Waals surface area contributed by atoms with Crippen molar-refractivity contribution in [2.45, 2.75) is 26.4 Å². The summed E-state index contributed by atoms with van der Waals surface area (Å²) in [7, 11) is 0. The number of Topliss-reactive ketones (excluding diaryl/α,β-unsaturated/α-hetero) is 1. The fraction of sp³-hybridized carbons (Fsp3) is 0.320. The smallest absolute Gasteiger partial charge is 0.238 e. The van der Waals surface area contributed by atoms with Crippen molar-refractivity contribution in [2.24, 2.45) is 23.7 Å². The van der Waals surface area contributed by atoms with E-state index in [1.54, 1.807) is 55.5 Å². The third-order valence-corrected chi connectivity index (χ3v) is 6.72. The third kappa shape index (κ3) is 2.72. The summed E-state index contributed by atoms with van der Waals surface area (Å²) in [6.07, 6.45) is 2.30. The van der Waals surface area contributed by atoms with E-state index < -0.39 is 6.10 Å². The van der Waals surface area contributed by atoms with Crippen molar-refractivity contribution in [1.29, 1.82) is 0 Å². The highest BCUT2D eigenvalue weighted by atomic mass is 16.5. The number of carbonyl (C=O) groups excluding carboxylic acids is 3. The number of benzene rings is 2. The lowest BCUT2D eigenvalue weighted by atomic mass is 9.82. The number of carbonyl (C=O) groups is 3. The summed E-state index contributed by atoms with van der Waals surface area (Å²) in [6.45, 7) is 3.73. The van der Waals surface area contributed by atoms with Gasteiger partial charge in [-0.3, -0.25) is 14.4 Å². The van der Waals surface area contributed by atoms with Crippen LogP contribution in [0.3, 0.4) is 0 Å². The minimum atomic E-state index is -0.749. The fourth-order valence-electron chi connectivity index (χ4n) is 5.33. The van der Waals surface area contributed by atoms with Gasteiger partial charge in [0.05, 0.1) is 17.5 Å². The largest absolute Gasteiger partial charge is 0.480 e. The molecule has 2 aromatic carbocycles. The molecular weight excluding hydrogens is 378 g/mol. The van der Waals surface area contributed by atoms with Crippen LogP contribution in [0.25, 0.3) is 0 Å². The number of hydrogen-bond acceptors (Lipinski definition) is 4. The topological polar surface area (TPSA) is 63.7 Å². The van der Waals surface area contributed by atoms with Gasteiger partial charge in [-0.25, -0.2) is 4.90 Å². The number of allylic oxidation sites excluding steroid dienone is 2. The summed E-state index contributed by atoms with van der Waals surface area (Å²) in [4.78, 5) is 40.5. The van der Waals surface area contributed by atoms with Gasteiger partial charge in [0.25, 0.3) is 0 Å². The minimum absolute atomic E-state index is 0.146. The standard InChI is InChI=1S/C25H23NO4/c1-14-12-17-13-18(14)22-21(17)24(28)26(25(22)29)19-10-6-7-11-20(19)30-15(2)23(27)16-8-4-3-5-9-16/h3-12,15,17-18,21-22H,13H2,1-2H3/t15-,17+,18+,21-,22+/m1/s1. The number of imide groups is 1. The number of nitrogens with zero attached hydrogens (tertiary/aromatic N) is 1. The zero-order valence-corrected chi connectivity index (χ0v) is 16.9. The lowest BCUT2D eigenvalue weighted by molar-refractivity contribution is -0.123. The molecule has 5 nitrogen and oxygen atoms in total. The zero-order valence-electron chi connectivity index (χ0n) is 16.9. The molecule has 1 saturated heterocycles. The normalized spacial score (nSPS) is 27.8. The molecule has 2 aliphatic carbocycles. The monoisotopic (exact) mass is 401 g/mol. The summed E-state index contributed by atoms with van der Waals surface area (Å²) >= 11 is 0. The Bertz CT molecular complexity index is 1070. The molecule has 2 bridgehead atoms. The Morgan fingerprint density at radius 2 is 1.67 bits per heavy atom. The van der Waals surface area contributed by atoms with E-state index in [-0.39, 0.29) is 41.3 Å². The predicted octanol–water partition coefficient (Wildman–Crippen LogP) is 4.04. The number of anilines is 1. The molecule has 2 aromatic rings. The van der Waals surface area contributed by atoms with E-state index in [4.69, 9.17) is 4.74 Å². The number of ether oxygens (including phenoxy) is 1. The Morgan fingerprint density at radius 1 is 1.00 bits per heavy atom. The van der Waals surface area contributed by atoms with Crippen LogP contribution >= 0.6 is 0 Å². The lowest BCUT2D eigenvalue weighted by Crippen LogP contribution is -2.34. The molecule has 1 saturated carbocycles. The Hall–Kier alpha value is -3.21. The maximum atomic E-state index is 13.3. The van der Waals surface area contributed by atoms with Crippen LogP contribution in [0.4, 0.5) is 5.69 Å². The third-order valence-electron chi connectivity index (χ3n) is 6.72. The quantitative estimate of drug-likeness (QED) is 0.431. The number of ketones is 1. The van der Waals surface area contributed by atoms with E-state index in [1.165, 1.54) is 10.5 Å². The highest BCUT2D eigenvalue weighted by molar-refractivity contribution is 6.23. The molecule has 0 N–H and O–H groups in total. The molecule has 3 aliphatic rings. The predicted molar refractivity (Wildman–Crippen MR) is 112 cm³/mol. The molecule has 1 heterocycles. The van der Waals surface area contributed by atoms with Crippen molar-refractivity contribution in [2.75, 3.05) is 4.90 Å². The highest BCUT2D eigenvalue weighted by Crippen LogP contribution is 2.56. The van der Waals surface area contributed by atoms with Crippen molar-refractivity contribution >= 4 is 23.3 Å². The van der Waals surface area contributed by atoms with E-state index in [0.717, 1.165) is 6.42 Å². The molecule has 0 unspecified atom stereocenters. The van der Waals surface area contributed by atoms with Crippen LogP contribution in [0.15, 0.2) is 66.2 Å². The van der Waals surface area contributed by atoms with Gasteiger partial charge in [-0.1, -0.05) is 54.1 Å². The second-order valence-corrected chi connectivity index (χ2v) is 8.44. The van der Waals surface area contributed by atoms with E-state index >= 15 is 0 Å². The molecule has 1 aliphatic heterocycles. The molecule has 0 radical (unpaired) electrons. The van der Waals surface area contributed by atoms with Crippen LogP contribution in [0, 0.1) is 23.7 Å². The summed E-state index contributed by atoms with van der Waals surface area (Å²) in [6, 6.07) is 15.9. The van der Waals surface area contributed by atoms with Crippen molar-refractivity contribution in [3.63, 3.8) is 0 Å². The molecule has 2 fully saturated rings. The van der Waals surface area contributed by atoms with Gasteiger partial charge in [0, 0.05) is 5.56 Å². The van der Waals surface area contributed by atoms with E-state index in [2.05, 4.69) is 13.0 Å². The van der Waals surface area contributed by atoms with Crippen LogP contribution in [0.1, 0.15) is 30.6 Å². The Kier molecular flexibility index (Phi) is 4.35. The Morgan fingerprint density at radius 3 is 2.43 bits per heavy atom. The molecule has 0 spiro atoms. The van der Waals surface area contributed by atoms with E-state index in [0.29, 0.717) is 17.0 Å². The maximum Gasteiger partial charge on any atom is 0.238 e. The van der Waals surface area contributed by atoms with Gasteiger partial charge in [-0.05, 0) is 44.2 Å². The van der Waals surface area contributed by atoms with Gasteiger partial charge in [0.15, 0.2) is 6.10 Å². The molecule has 0 aromatic heterocycles. The van der Waals surface area contributed by atoms with Crippen LogP contribution in [0.2, 0.25) is 0 Å². The van der Waals surface area contributed by atoms with Crippen LogP contribution in [-0.2, 0) is 9.59 Å². The summed E-state index contributed by atoms with van der Waals surface area (Å²) in [5.74, 6) is -0.331. The average Bonchev–Trinajstić information content (AvgIpc) is 3.39. The molecule has 152 valence electrons. The van der Waals surface area contributed by atoms with Gasteiger partial charge in [0.2, 0.25) is 17.6 Å². The van der Waals surface area contributed by atoms with Crippen molar-refractivity contribution in [3.8, 4) is 5.75 Å². The number of rotatable bonds is 5. The van der Waals surface area contributed by atoms with Gasteiger partial charge >= 0.3 is 0 Å². The van der Waals surface area contributed by atoms with Gasteiger partial charge < -0.3 is 4.74 Å². The first kappa shape index (κ1) is 18.8. The molecule has 5 heteroatoms. The van der Waals surface area contributed by atoms with Crippen LogP contribution in [0.5, 0.6) is 5.75 Å². The Labute approximate surface area is 175 Å². The molecule has 5 rings (SSSR count). The number of para-hydroxylation sites is 2. The summed E-state index contributed by atoms with van der Waals surface area (Å²) in [5, 5.41) is 0. The average molecular weight is 401 g/mol. The lowest BCUT2D eigenvalue weighted by Gasteiger charge is -2.22. The van der Waals surface area contributed by atoms with Crippen molar-refractivity contribution in [1.82, 2.24) is 0 Å².